The van der Waals surface area contributed by atoms with Crippen LogP contribution in [0.1, 0.15) is 67.7 Å². The van der Waals surface area contributed by atoms with E-state index < -0.39 is 0 Å². The number of carbonyl (C=O) groups excluding carboxylic acids is 1. The number of nitrogens with zero attached hydrogens (tertiary/aromatic N) is 3. The zero-order chi connectivity index (χ0) is 17.4. The Hall–Kier alpha value is -2.11. The van der Waals surface area contributed by atoms with Gasteiger partial charge in [0.2, 0.25) is 11.8 Å². The van der Waals surface area contributed by atoms with Gasteiger partial charge in [0.05, 0.1) is 0 Å². The van der Waals surface area contributed by atoms with E-state index in [-0.39, 0.29) is 11.8 Å². The molecule has 0 spiro atoms. The molecule has 0 aromatic carbocycles. The van der Waals surface area contributed by atoms with Crippen LogP contribution in [0.5, 0.6) is 0 Å². The Morgan fingerprint density at radius 2 is 2.24 bits per heavy atom. The van der Waals surface area contributed by atoms with Crippen LogP contribution in [0.2, 0.25) is 0 Å². The van der Waals surface area contributed by atoms with Crippen LogP contribution in [0.15, 0.2) is 21.1 Å². The number of furan rings is 1. The fraction of sp³-hybridized carbons (Fsp3) is 0.632. The van der Waals surface area contributed by atoms with Gasteiger partial charge in [-0.1, -0.05) is 12.1 Å². The lowest BCUT2D eigenvalue weighted by atomic mass is 9.97. The molecule has 4 rings (SSSR count). The van der Waals surface area contributed by atoms with Crippen LogP contribution in [0.3, 0.4) is 0 Å². The molecule has 1 amide bonds. The van der Waals surface area contributed by atoms with E-state index in [0.29, 0.717) is 31.2 Å². The quantitative estimate of drug-likeness (QED) is 0.831. The minimum absolute atomic E-state index is 0.182. The van der Waals surface area contributed by atoms with Crippen LogP contribution >= 0.6 is 0 Å². The summed E-state index contributed by atoms with van der Waals surface area (Å²) in [5, 5.41) is 4.02. The Morgan fingerprint density at radius 1 is 1.40 bits per heavy atom. The van der Waals surface area contributed by atoms with Gasteiger partial charge in [-0.3, -0.25) is 4.79 Å². The van der Waals surface area contributed by atoms with Gasteiger partial charge in [0.25, 0.3) is 0 Å². The van der Waals surface area contributed by atoms with Gasteiger partial charge in [0.15, 0.2) is 5.82 Å². The topological polar surface area (TPSA) is 72.4 Å². The number of hydrogen-bond acceptors (Lipinski definition) is 5. The molecule has 2 aromatic heterocycles. The van der Waals surface area contributed by atoms with Gasteiger partial charge in [0.1, 0.15) is 11.5 Å². The fourth-order valence-corrected chi connectivity index (χ4v) is 3.73. The van der Waals surface area contributed by atoms with Crippen molar-refractivity contribution >= 4 is 5.91 Å². The molecule has 6 nitrogen and oxygen atoms in total. The summed E-state index contributed by atoms with van der Waals surface area (Å²) in [6.07, 6.45) is 4.36. The standard InChI is InChI=1S/C19H25N3O3/c1-12-10-16(12)17-7-5-15(24-17)6-8-18(23)22-9-3-4-14(11-22)19-20-13(2)25-21-19/h5,7,12,14,16H,3-4,6,8-11H2,1-2H3/t12-,14+,16-/m0/s1. The van der Waals surface area contributed by atoms with Crippen molar-refractivity contribution in [3.05, 3.63) is 35.4 Å². The third-order valence-electron chi connectivity index (χ3n) is 5.43. The predicted molar refractivity (Wildman–Crippen MR) is 91.1 cm³/mol. The summed E-state index contributed by atoms with van der Waals surface area (Å²) in [4.78, 5) is 18.8. The largest absolute Gasteiger partial charge is 0.466 e. The van der Waals surface area contributed by atoms with Gasteiger partial charge in [-0.25, -0.2) is 0 Å². The number of piperidine rings is 1. The molecular formula is C19H25N3O3. The fourth-order valence-electron chi connectivity index (χ4n) is 3.73. The van der Waals surface area contributed by atoms with Crippen molar-refractivity contribution in [3.63, 3.8) is 0 Å². The summed E-state index contributed by atoms with van der Waals surface area (Å²) in [5.41, 5.74) is 0. The number of aryl methyl sites for hydroxylation is 2. The van der Waals surface area contributed by atoms with Crippen LogP contribution in [0.25, 0.3) is 0 Å². The smallest absolute Gasteiger partial charge is 0.223 e. The van der Waals surface area contributed by atoms with Crippen LogP contribution in [0, 0.1) is 12.8 Å². The second kappa shape index (κ2) is 6.65. The molecule has 1 aliphatic carbocycles. The first-order valence-electron chi connectivity index (χ1n) is 9.26. The molecule has 25 heavy (non-hydrogen) atoms. The molecule has 6 heteroatoms. The van der Waals surface area contributed by atoms with E-state index in [1.165, 1.54) is 6.42 Å². The lowest BCUT2D eigenvalue weighted by Crippen LogP contribution is -2.39. The molecule has 0 N–H and O–H groups in total. The molecule has 3 heterocycles. The highest BCUT2D eigenvalue weighted by molar-refractivity contribution is 5.76. The van der Waals surface area contributed by atoms with Gasteiger partial charge >= 0.3 is 0 Å². The molecule has 1 saturated carbocycles. The lowest BCUT2D eigenvalue weighted by Gasteiger charge is -2.31. The Balaban J connectivity index is 1.30. The number of amides is 1. The van der Waals surface area contributed by atoms with Gasteiger partial charge in [-0.15, -0.1) is 0 Å². The highest BCUT2D eigenvalue weighted by atomic mass is 16.5. The molecule has 3 atom stereocenters. The number of rotatable bonds is 5. The van der Waals surface area contributed by atoms with Gasteiger partial charge in [-0.05, 0) is 37.3 Å². The maximum atomic E-state index is 12.6. The van der Waals surface area contributed by atoms with Gasteiger partial charge < -0.3 is 13.8 Å². The first-order valence-corrected chi connectivity index (χ1v) is 9.26. The lowest BCUT2D eigenvalue weighted by molar-refractivity contribution is -0.132. The van der Waals surface area contributed by atoms with E-state index in [0.717, 1.165) is 42.6 Å². The second-order valence-corrected chi connectivity index (χ2v) is 7.47. The summed E-state index contributed by atoms with van der Waals surface area (Å²) in [6, 6.07) is 4.10. The van der Waals surface area contributed by atoms with Crippen molar-refractivity contribution in [1.82, 2.24) is 15.0 Å². The zero-order valence-electron chi connectivity index (χ0n) is 14.9. The third kappa shape index (κ3) is 3.62. The minimum atomic E-state index is 0.182. The molecule has 2 aromatic rings. The number of carbonyl (C=O) groups is 1. The van der Waals surface area contributed by atoms with E-state index >= 15 is 0 Å². The molecule has 1 saturated heterocycles. The van der Waals surface area contributed by atoms with Crippen molar-refractivity contribution in [2.75, 3.05) is 13.1 Å². The third-order valence-corrected chi connectivity index (χ3v) is 5.43. The Bertz CT molecular complexity index is 751. The zero-order valence-corrected chi connectivity index (χ0v) is 14.9. The number of likely N-dealkylation sites (tertiary alicyclic amines) is 1. The van der Waals surface area contributed by atoms with Crippen LogP contribution in [0.4, 0.5) is 0 Å². The van der Waals surface area contributed by atoms with Crippen molar-refractivity contribution in [2.24, 2.45) is 5.92 Å². The van der Waals surface area contributed by atoms with E-state index in [1.54, 1.807) is 6.92 Å². The Labute approximate surface area is 147 Å². The minimum Gasteiger partial charge on any atom is -0.466 e. The van der Waals surface area contributed by atoms with Crippen molar-refractivity contribution in [1.29, 1.82) is 0 Å². The van der Waals surface area contributed by atoms with Gasteiger partial charge in [-0.2, -0.15) is 4.98 Å². The summed E-state index contributed by atoms with van der Waals surface area (Å²) < 4.78 is 11.0. The normalized spacial score (nSPS) is 26.0. The monoisotopic (exact) mass is 343 g/mol. The van der Waals surface area contributed by atoms with Crippen molar-refractivity contribution in [2.45, 2.75) is 57.8 Å². The van der Waals surface area contributed by atoms with Crippen molar-refractivity contribution < 1.29 is 13.7 Å². The van der Waals surface area contributed by atoms with E-state index in [4.69, 9.17) is 8.94 Å². The van der Waals surface area contributed by atoms with E-state index in [9.17, 15) is 4.79 Å². The first-order chi connectivity index (χ1) is 12.1. The molecule has 1 aliphatic heterocycles. The van der Waals surface area contributed by atoms with Crippen LogP contribution in [-0.4, -0.2) is 34.0 Å². The Morgan fingerprint density at radius 3 is 2.96 bits per heavy atom. The highest BCUT2D eigenvalue weighted by Crippen LogP contribution is 2.47. The maximum absolute atomic E-state index is 12.6. The number of hydrogen-bond donors (Lipinski definition) is 0. The van der Waals surface area contributed by atoms with Crippen LogP contribution < -0.4 is 0 Å². The molecule has 0 radical (unpaired) electrons. The summed E-state index contributed by atoms with van der Waals surface area (Å²) in [5.74, 6) is 5.00. The SMILES string of the molecule is Cc1nc([C@@H]2CCCN(C(=O)CCc3ccc([C@H]4C[C@@H]4C)o3)C2)no1. The molecular weight excluding hydrogens is 318 g/mol. The summed E-state index contributed by atoms with van der Waals surface area (Å²) in [7, 11) is 0. The molecule has 2 fully saturated rings. The Kier molecular flexibility index (Phi) is 4.36. The average molecular weight is 343 g/mol. The van der Waals surface area contributed by atoms with Crippen LogP contribution in [-0.2, 0) is 11.2 Å². The predicted octanol–water partition coefficient (Wildman–Crippen LogP) is 3.43. The molecule has 0 unspecified atom stereocenters. The van der Waals surface area contributed by atoms with Gasteiger partial charge in [0, 0.05) is 44.7 Å². The maximum Gasteiger partial charge on any atom is 0.223 e. The summed E-state index contributed by atoms with van der Waals surface area (Å²) in [6.45, 7) is 5.53. The average Bonchev–Trinajstić information content (AvgIpc) is 3.02. The number of aromatic nitrogens is 2. The highest BCUT2D eigenvalue weighted by Gasteiger charge is 2.36. The van der Waals surface area contributed by atoms with Crippen molar-refractivity contribution in [3.8, 4) is 0 Å². The molecule has 2 aliphatic rings. The second-order valence-electron chi connectivity index (χ2n) is 7.47. The van der Waals surface area contributed by atoms with E-state index in [1.807, 2.05) is 11.0 Å². The first kappa shape index (κ1) is 16.4. The summed E-state index contributed by atoms with van der Waals surface area (Å²) >= 11 is 0. The molecule has 0 bridgehead atoms. The molecule has 134 valence electrons. The van der Waals surface area contributed by atoms with E-state index in [2.05, 4.69) is 23.1 Å².